The van der Waals surface area contributed by atoms with Crippen molar-refractivity contribution in [3.05, 3.63) is 35.4 Å². The van der Waals surface area contributed by atoms with Gasteiger partial charge in [-0.1, -0.05) is 38.1 Å². The normalized spacial score (nSPS) is 12.8. The number of nitrogens with two attached hydrogens (primary N) is 1. The number of carbonyl (C=O) groups is 1. The standard InChI is InChI=1S/C16H27N3O/c1-12(2)15(11-19(3)4)18-16(20)9-13-5-7-14(10-17)8-6-13/h5-8,12,15H,9-11,17H2,1-4H3,(H,18,20). The Morgan fingerprint density at radius 2 is 1.75 bits per heavy atom. The minimum Gasteiger partial charge on any atom is -0.352 e. The van der Waals surface area contributed by atoms with E-state index in [2.05, 4.69) is 24.1 Å². The Labute approximate surface area is 122 Å². The van der Waals surface area contributed by atoms with Crippen LogP contribution in [0.15, 0.2) is 24.3 Å². The van der Waals surface area contributed by atoms with E-state index in [9.17, 15) is 4.79 Å². The number of hydrogen-bond acceptors (Lipinski definition) is 3. The molecule has 0 aliphatic heterocycles. The number of rotatable bonds is 7. The molecule has 0 aliphatic rings. The molecule has 20 heavy (non-hydrogen) atoms. The molecule has 1 aromatic carbocycles. The minimum absolute atomic E-state index is 0.0750. The third kappa shape index (κ3) is 5.72. The predicted octanol–water partition coefficient (Wildman–Crippen LogP) is 1.39. The first-order chi connectivity index (χ1) is 9.42. The zero-order chi connectivity index (χ0) is 15.1. The first-order valence-corrected chi connectivity index (χ1v) is 7.14. The first-order valence-electron chi connectivity index (χ1n) is 7.14. The molecule has 0 saturated heterocycles. The van der Waals surface area contributed by atoms with Gasteiger partial charge in [-0.05, 0) is 31.1 Å². The third-order valence-corrected chi connectivity index (χ3v) is 3.34. The van der Waals surface area contributed by atoms with Crippen LogP contribution in [0.4, 0.5) is 0 Å². The zero-order valence-electron chi connectivity index (χ0n) is 13.0. The van der Waals surface area contributed by atoms with Gasteiger partial charge in [0.2, 0.25) is 5.91 Å². The maximum Gasteiger partial charge on any atom is 0.224 e. The summed E-state index contributed by atoms with van der Waals surface area (Å²) in [7, 11) is 4.04. The highest BCUT2D eigenvalue weighted by molar-refractivity contribution is 5.78. The van der Waals surface area contributed by atoms with Crippen LogP contribution in [-0.4, -0.2) is 37.5 Å². The fraction of sp³-hybridized carbons (Fsp3) is 0.562. The molecule has 0 heterocycles. The van der Waals surface area contributed by atoms with E-state index in [1.807, 2.05) is 38.4 Å². The predicted molar refractivity (Wildman–Crippen MR) is 83.4 cm³/mol. The topological polar surface area (TPSA) is 58.4 Å². The van der Waals surface area contributed by atoms with Gasteiger partial charge in [0.15, 0.2) is 0 Å². The van der Waals surface area contributed by atoms with Crippen LogP contribution in [-0.2, 0) is 17.8 Å². The molecule has 1 amide bonds. The molecule has 0 bridgehead atoms. The van der Waals surface area contributed by atoms with Gasteiger partial charge in [0.25, 0.3) is 0 Å². The molecule has 0 aliphatic carbocycles. The second-order valence-corrected chi connectivity index (χ2v) is 5.88. The summed E-state index contributed by atoms with van der Waals surface area (Å²) in [6.45, 7) is 5.65. The zero-order valence-corrected chi connectivity index (χ0v) is 13.0. The maximum atomic E-state index is 12.1. The number of carbonyl (C=O) groups excluding carboxylic acids is 1. The van der Waals surface area contributed by atoms with Crippen molar-refractivity contribution < 1.29 is 4.79 Å². The van der Waals surface area contributed by atoms with Crippen LogP contribution in [0.3, 0.4) is 0 Å². The van der Waals surface area contributed by atoms with E-state index in [4.69, 9.17) is 5.73 Å². The van der Waals surface area contributed by atoms with Gasteiger partial charge in [0.05, 0.1) is 6.42 Å². The molecule has 1 rings (SSSR count). The summed E-state index contributed by atoms with van der Waals surface area (Å²) < 4.78 is 0. The fourth-order valence-electron chi connectivity index (χ4n) is 2.05. The van der Waals surface area contributed by atoms with E-state index in [1.165, 1.54) is 0 Å². The molecule has 4 nitrogen and oxygen atoms in total. The van der Waals surface area contributed by atoms with Crippen LogP contribution < -0.4 is 11.1 Å². The summed E-state index contributed by atoms with van der Waals surface area (Å²) in [6, 6.07) is 8.07. The summed E-state index contributed by atoms with van der Waals surface area (Å²) in [5.41, 5.74) is 7.67. The van der Waals surface area contributed by atoms with Crippen molar-refractivity contribution in [2.24, 2.45) is 11.7 Å². The SMILES string of the molecule is CC(C)C(CN(C)C)NC(=O)Cc1ccc(CN)cc1. The molecule has 4 heteroatoms. The second kappa shape index (κ2) is 8.02. The average Bonchev–Trinajstić information content (AvgIpc) is 2.38. The quantitative estimate of drug-likeness (QED) is 0.792. The molecular weight excluding hydrogens is 250 g/mol. The summed E-state index contributed by atoms with van der Waals surface area (Å²) in [5, 5.41) is 3.12. The Bertz CT molecular complexity index is 412. The van der Waals surface area contributed by atoms with Crippen LogP contribution in [0.2, 0.25) is 0 Å². The summed E-state index contributed by atoms with van der Waals surface area (Å²) in [4.78, 5) is 14.2. The lowest BCUT2D eigenvalue weighted by Gasteiger charge is -2.25. The Kier molecular flexibility index (Phi) is 6.68. The molecule has 3 N–H and O–H groups in total. The van der Waals surface area contributed by atoms with Gasteiger partial charge in [-0.3, -0.25) is 4.79 Å². The van der Waals surface area contributed by atoms with Crippen LogP contribution >= 0.6 is 0 Å². The van der Waals surface area contributed by atoms with Gasteiger partial charge in [0.1, 0.15) is 0 Å². The molecule has 0 fully saturated rings. The van der Waals surface area contributed by atoms with Crippen LogP contribution in [0, 0.1) is 5.92 Å². The average molecular weight is 277 g/mol. The van der Waals surface area contributed by atoms with Gasteiger partial charge in [-0.2, -0.15) is 0 Å². The van der Waals surface area contributed by atoms with E-state index >= 15 is 0 Å². The molecule has 112 valence electrons. The van der Waals surface area contributed by atoms with E-state index in [0.29, 0.717) is 18.9 Å². The van der Waals surface area contributed by atoms with Crippen molar-refractivity contribution in [2.75, 3.05) is 20.6 Å². The van der Waals surface area contributed by atoms with Crippen LogP contribution in [0.1, 0.15) is 25.0 Å². The van der Waals surface area contributed by atoms with Crippen LogP contribution in [0.25, 0.3) is 0 Å². The van der Waals surface area contributed by atoms with Gasteiger partial charge in [-0.25, -0.2) is 0 Å². The third-order valence-electron chi connectivity index (χ3n) is 3.34. The van der Waals surface area contributed by atoms with Crippen molar-refractivity contribution in [2.45, 2.75) is 32.9 Å². The summed E-state index contributed by atoms with van der Waals surface area (Å²) in [5.74, 6) is 0.493. The number of amides is 1. The maximum absolute atomic E-state index is 12.1. The molecule has 0 saturated carbocycles. The molecule has 1 aromatic rings. The van der Waals surface area contributed by atoms with Gasteiger partial charge in [-0.15, -0.1) is 0 Å². The lowest BCUT2D eigenvalue weighted by atomic mass is 10.0. The lowest BCUT2D eigenvalue weighted by molar-refractivity contribution is -0.121. The first kappa shape index (κ1) is 16.7. The van der Waals surface area contributed by atoms with Gasteiger partial charge in [0, 0.05) is 19.1 Å². The molecule has 1 atom stereocenters. The lowest BCUT2D eigenvalue weighted by Crippen LogP contribution is -2.45. The Balaban J connectivity index is 2.56. The fourth-order valence-corrected chi connectivity index (χ4v) is 2.05. The molecule has 0 spiro atoms. The highest BCUT2D eigenvalue weighted by atomic mass is 16.1. The molecular formula is C16H27N3O. The van der Waals surface area contributed by atoms with Gasteiger partial charge < -0.3 is 16.0 Å². The highest BCUT2D eigenvalue weighted by Crippen LogP contribution is 2.07. The van der Waals surface area contributed by atoms with Crippen molar-refractivity contribution in [1.82, 2.24) is 10.2 Å². The van der Waals surface area contributed by atoms with Crippen molar-refractivity contribution in [1.29, 1.82) is 0 Å². The summed E-state index contributed by atoms with van der Waals surface area (Å²) >= 11 is 0. The van der Waals surface area contributed by atoms with E-state index in [-0.39, 0.29) is 11.9 Å². The largest absolute Gasteiger partial charge is 0.352 e. The Morgan fingerprint density at radius 3 is 2.20 bits per heavy atom. The van der Waals surface area contributed by atoms with E-state index < -0.39 is 0 Å². The van der Waals surface area contributed by atoms with Crippen LogP contribution in [0.5, 0.6) is 0 Å². The number of hydrogen-bond donors (Lipinski definition) is 2. The number of nitrogens with zero attached hydrogens (tertiary/aromatic N) is 1. The number of nitrogens with one attached hydrogen (secondary N) is 1. The van der Waals surface area contributed by atoms with Crippen molar-refractivity contribution in [3.63, 3.8) is 0 Å². The van der Waals surface area contributed by atoms with Crippen molar-refractivity contribution >= 4 is 5.91 Å². The molecule has 0 aromatic heterocycles. The monoisotopic (exact) mass is 277 g/mol. The van der Waals surface area contributed by atoms with E-state index in [1.54, 1.807) is 0 Å². The van der Waals surface area contributed by atoms with E-state index in [0.717, 1.165) is 17.7 Å². The highest BCUT2D eigenvalue weighted by Gasteiger charge is 2.17. The number of benzene rings is 1. The number of likely N-dealkylation sites (N-methyl/N-ethyl adjacent to an activating group) is 1. The second-order valence-electron chi connectivity index (χ2n) is 5.88. The Hall–Kier alpha value is -1.39. The smallest absolute Gasteiger partial charge is 0.224 e. The Morgan fingerprint density at radius 1 is 1.20 bits per heavy atom. The molecule has 0 radical (unpaired) electrons. The minimum atomic E-state index is 0.0750. The van der Waals surface area contributed by atoms with Gasteiger partial charge >= 0.3 is 0 Å². The molecule has 1 unspecified atom stereocenters. The van der Waals surface area contributed by atoms with Crippen molar-refractivity contribution in [3.8, 4) is 0 Å². The summed E-state index contributed by atoms with van der Waals surface area (Å²) in [6.07, 6.45) is 0.418.